The smallest absolute Gasteiger partial charge is 0.228 e. The van der Waals surface area contributed by atoms with Crippen molar-refractivity contribution in [3.63, 3.8) is 0 Å². The summed E-state index contributed by atoms with van der Waals surface area (Å²) < 4.78 is 0. The van der Waals surface area contributed by atoms with E-state index in [1.54, 1.807) is 6.07 Å². The maximum absolute atomic E-state index is 11.7. The molecular formula is C13H20N4O. The Bertz CT molecular complexity index is 398. The summed E-state index contributed by atoms with van der Waals surface area (Å²) in [7, 11) is 0. The minimum absolute atomic E-state index is 0.0680. The number of anilines is 2. The Hall–Kier alpha value is -1.65. The highest BCUT2D eigenvalue weighted by molar-refractivity contribution is 5.92. The topological polar surface area (TPSA) is 66.9 Å². The minimum Gasteiger partial charge on any atom is -0.368 e. The van der Waals surface area contributed by atoms with Crippen LogP contribution in [0.2, 0.25) is 0 Å². The Kier molecular flexibility index (Phi) is 4.12. The zero-order valence-corrected chi connectivity index (χ0v) is 10.9. The van der Waals surface area contributed by atoms with Crippen LogP contribution in [0, 0.1) is 11.8 Å². The molecular weight excluding hydrogens is 228 g/mol. The van der Waals surface area contributed by atoms with Gasteiger partial charge in [0.25, 0.3) is 0 Å². The molecule has 1 aliphatic rings. The number of carbonyl (C=O) groups is 1. The van der Waals surface area contributed by atoms with Crippen LogP contribution in [-0.4, -0.2) is 22.6 Å². The van der Waals surface area contributed by atoms with Crippen molar-refractivity contribution in [2.24, 2.45) is 11.8 Å². The first-order valence-electron chi connectivity index (χ1n) is 6.53. The van der Waals surface area contributed by atoms with Crippen LogP contribution >= 0.6 is 0 Å². The lowest BCUT2D eigenvalue weighted by molar-refractivity contribution is -0.122. The lowest BCUT2D eigenvalue weighted by Gasteiger charge is -2.23. The maximum atomic E-state index is 11.7. The van der Waals surface area contributed by atoms with Gasteiger partial charge in [0.2, 0.25) is 5.91 Å². The van der Waals surface area contributed by atoms with Gasteiger partial charge in [0.05, 0.1) is 0 Å². The van der Waals surface area contributed by atoms with Crippen LogP contribution < -0.4 is 10.6 Å². The van der Waals surface area contributed by atoms with Crippen molar-refractivity contribution in [2.75, 3.05) is 17.2 Å². The first-order valence-corrected chi connectivity index (χ1v) is 6.53. The monoisotopic (exact) mass is 248 g/mol. The van der Waals surface area contributed by atoms with E-state index < -0.39 is 0 Å². The summed E-state index contributed by atoms with van der Waals surface area (Å²) in [4.78, 5) is 11.7. The quantitative estimate of drug-likeness (QED) is 0.839. The molecule has 2 N–H and O–H groups in total. The number of hydrogen-bond donors (Lipinski definition) is 2. The number of amides is 1. The predicted octanol–water partition coefficient (Wildman–Crippen LogP) is 2.28. The van der Waals surface area contributed by atoms with E-state index in [1.807, 2.05) is 6.07 Å². The van der Waals surface area contributed by atoms with Gasteiger partial charge in [0, 0.05) is 12.5 Å². The fraction of sp³-hybridized carbons (Fsp3) is 0.615. The first kappa shape index (κ1) is 12.8. The van der Waals surface area contributed by atoms with Crippen LogP contribution in [0.15, 0.2) is 12.1 Å². The molecule has 0 saturated heterocycles. The van der Waals surface area contributed by atoms with Gasteiger partial charge < -0.3 is 10.6 Å². The van der Waals surface area contributed by atoms with E-state index in [2.05, 4.69) is 34.7 Å². The van der Waals surface area contributed by atoms with E-state index in [-0.39, 0.29) is 11.8 Å². The average Bonchev–Trinajstić information content (AvgIpc) is 2.25. The van der Waals surface area contributed by atoms with Gasteiger partial charge in [-0.05, 0) is 30.9 Å². The van der Waals surface area contributed by atoms with Gasteiger partial charge in [0.1, 0.15) is 5.82 Å². The van der Waals surface area contributed by atoms with Crippen molar-refractivity contribution >= 4 is 17.5 Å². The van der Waals surface area contributed by atoms with E-state index in [1.165, 1.54) is 0 Å². The summed E-state index contributed by atoms with van der Waals surface area (Å²) in [6, 6.07) is 3.62. The summed E-state index contributed by atoms with van der Waals surface area (Å²) in [6.45, 7) is 5.13. The average molecular weight is 248 g/mol. The molecule has 1 aliphatic carbocycles. The third kappa shape index (κ3) is 3.42. The Morgan fingerprint density at radius 2 is 2.00 bits per heavy atom. The summed E-state index contributed by atoms with van der Waals surface area (Å²) in [6.07, 6.45) is 3.14. The molecule has 0 radical (unpaired) electrons. The van der Waals surface area contributed by atoms with Crippen molar-refractivity contribution in [3.8, 4) is 0 Å². The van der Waals surface area contributed by atoms with Gasteiger partial charge in [-0.1, -0.05) is 20.3 Å². The summed E-state index contributed by atoms with van der Waals surface area (Å²) >= 11 is 0. The molecule has 98 valence electrons. The number of rotatable bonds is 5. The molecule has 5 nitrogen and oxygen atoms in total. The Balaban J connectivity index is 1.84. The largest absolute Gasteiger partial charge is 0.368 e. The van der Waals surface area contributed by atoms with Crippen LogP contribution in [0.3, 0.4) is 0 Å². The summed E-state index contributed by atoms with van der Waals surface area (Å²) in [5.74, 6) is 2.07. The van der Waals surface area contributed by atoms with Gasteiger partial charge in [-0.3, -0.25) is 4.79 Å². The third-order valence-electron chi connectivity index (χ3n) is 3.08. The molecule has 18 heavy (non-hydrogen) atoms. The standard InChI is InChI=1S/C13H20N4O/c1-9(2)8-14-11-6-7-12(17-16-11)15-13(18)10-4-3-5-10/h6-7,9-10H,3-5,8H2,1-2H3,(H,14,16)(H,15,17,18). The molecule has 1 aromatic rings. The van der Waals surface area contributed by atoms with Crippen molar-refractivity contribution < 1.29 is 4.79 Å². The lowest BCUT2D eigenvalue weighted by Crippen LogP contribution is -2.28. The molecule has 0 aromatic carbocycles. The highest BCUT2D eigenvalue weighted by Crippen LogP contribution is 2.27. The second-order valence-corrected chi connectivity index (χ2v) is 5.20. The van der Waals surface area contributed by atoms with E-state index in [4.69, 9.17) is 0 Å². The van der Waals surface area contributed by atoms with Gasteiger partial charge in [-0.2, -0.15) is 0 Å². The second-order valence-electron chi connectivity index (χ2n) is 5.20. The van der Waals surface area contributed by atoms with Crippen molar-refractivity contribution in [2.45, 2.75) is 33.1 Å². The molecule has 0 bridgehead atoms. The molecule has 1 amide bonds. The molecule has 0 unspecified atom stereocenters. The number of nitrogens with one attached hydrogen (secondary N) is 2. The predicted molar refractivity (Wildman–Crippen MR) is 71.3 cm³/mol. The number of carbonyl (C=O) groups excluding carboxylic acids is 1. The number of aromatic nitrogens is 2. The molecule has 2 rings (SSSR count). The van der Waals surface area contributed by atoms with Gasteiger partial charge in [0.15, 0.2) is 5.82 Å². The fourth-order valence-corrected chi connectivity index (χ4v) is 1.70. The summed E-state index contributed by atoms with van der Waals surface area (Å²) in [5, 5.41) is 14.0. The highest BCUT2D eigenvalue weighted by atomic mass is 16.2. The van der Waals surface area contributed by atoms with E-state index in [9.17, 15) is 4.79 Å². The van der Waals surface area contributed by atoms with Gasteiger partial charge in [-0.15, -0.1) is 10.2 Å². The number of nitrogens with zero attached hydrogens (tertiary/aromatic N) is 2. The Labute approximate surface area is 107 Å². The van der Waals surface area contributed by atoms with Crippen molar-refractivity contribution in [3.05, 3.63) is 12.1 Å². The van der Waals surface area contributed by atoms with Gasteiger partial charge >= 0.3 is 0 Å². The van der Waals surface area contributed by atoms with Gasteiger partial charge in [-0.25, -0.2) is 0 Å². The molecule has 1 saturated carbocycles. The van der Waals surface area contributed by atoms with Crippen LogP contribution in [-0.2, 0) is 4.79 Å². The lowest BCUT2D eigenvalue weighted by atomic mass is 9.85. The normalized spacial score (nSPS) is 15.3. The zero-order valence-electron chi connectivity index (χ0n) is 10.9. The molecule has 0 atom stereocenters. The Morgan fingerprint density at radius 1 is 1.33 bits per heavy atom. The first-order chi connectivity index (χ1) is 8.65. The van der Waals surface area contributed by atoms with E-state index in [0.717, 1.165) is 31.6 Å². The maximum Gasteiger partial charge on any atom is 0.228 e. The highest BCUT2D eigenvalue weighted by Gasteiger charge is 2.25. The fourth-order valence-electron chi connectivity index (χ4n) is 1.70. The van der Waals surface area contributed by atoms with Crippen LogP contribution in [0.1, 0.15) is 33.1 Å². The Morgan fingerprint density at radius 3 is 2.50 bits per heavy atom. The van der Waals surface area contributed by atoms with Crippen LogP contribution in [0.4, 0.5) is 11.6 Å². The SMILES string of the molecule is CC(C)CNc1ccc(NC(=O)C2CCC2)nn1. The third-order valence-corrected chi connectivity index (χ3v) is 3.08. The molecule has 1 heterocycles. The molecule has 0 spiro atoms. The van der Waals surface area contributed by atoms with Crippen LogP contribution in [0.25, 0.3) is 0 Å². The zero-order chi connectivity index (χ0) is 13.0. The number of hydrogen-bond acceptors (Lipinski definition) is 4. The molecule has 1 aromatic heterocycles. The van der Waals surface area contributed by atoms with Crippen molar-refractivity contribution in [1.29, 1.82) is 0 Å². The van der Waals surface area contributed by atoms with E-state index in [0.29, 0.717) is 11.7 Å². The molecule has 1 fully saturated rings. The van der Waals surface area contributed by atoms with Crippen molar-refractivity contribution in [1.82, 2.24) is 10.2 Å². The molecule has 5 heteroatoms. The second kappa shape index (κ2) is 5.80. The molecule has 0 aliphatic heterocycles. The van der Waals surface area contributed by atoms with Crippen LogP contribution in [0.5, 0.6) is 0 Å². The van der Waals surface area contributed by atoms with E-state index >= 15 is 0 Å². The minimum atomic E-state index is 0.0680. The summed E-state index contributed by atoms with van der Waals surface area (Å²) in [5.41, 5.74) is 0.